The van der Waals surface area contributed by atoms with Gasteiger partial charge in [-0.15, -0.1) is 0 Å². The van der Waals surface area contributed by atoms with Crippen LogP contribution in [0, 0.1) is 0 Å². The molecule has 1 aliphatic heterocycles. The summed E-state index contributed by atoms with van der Waals surface area (Å²) in [5.74, 6) is 2.48. The van der Waals surface area contributed by atoms with Gasteiger partial charge in [0.1, 0.15) is 5.75 Å². The highest BCUT2D eigenvalue weighted by Gasteiger charge is 2.37. The molecule has 1 atom stereocenters. The molecule has 1 aromatic heterocycles. The molecule has 1 unspecified atom stereocenters. The molecule has 0 spiro atoms. The first-order chi connectivity index (χ1) is 18.0. The van der Waals surface area contributed by atoms with E-state index in [1.54, 1.807) is 44.4 Å². The molecular weight excluding hydrogens is 472 g/mol. The standard InChI is InChI=1S/C28H26N4O5/c1-17-24(27-30-26(31-37-27)18-9-6-5-7-10-18)25(19-11-8-12-21(15-19)34-2)29-28(33)32(17)20-13-14-22(35-3)23(16-20)36-4/h5-16,25H,1-4H3,(H,29,33). The molecule has 2 heterocycles. The fourth-order valence-corrected chi connectivity index (χ4v) is 4.40. The van der Waals surface area contributed by atoms with Gasteiger partial charge in [-0.25, -0.2) is 4.79 Å². The van der Waals surface area contributed by atoms with Crippen molar-refractivity contribution in [2.24, 2.45) is 0 Å². The SMILES string of the molecule is COc1cccc(C2NC(=O)N(c3ccc(OC)c(OC)c3)C(C)=C2c2nc(-c3ccccc3)no2)c1. The maximum absolute atomic E-state index is 13.5. The van der Waals surface area contributed by atoms with E-state index in [1.807, 2.05) is 61.5 Å². The van der Waals surface area contributed by atoms with Crippen molar-refractivity contribution in [1.82, 2.24) is 15.5 Å². The highest BCUT2D eigenvalue weighted by molar-refractivity contribution is 6.01. The van der Waals surface area contributed by atoms with E-state index in [4.69, 9.17) is 23.7 Å². The number of hydrogen-bond donors (Lipinski definition) is 1. The quantitative estimate of drug-likeness (QED) is 0.361. The number of methoxy groups -OCH3 is 3. The molecule has 1 N–H and O–H groups in total. The number of ether oxygens (including phenoxy) is 3. The van der Waals surface area contributed by atoms with Gasteiger partial charge in [0.05, 0.1) is 38.6 Å². The monoisotopic (exact) mass is 498 g/mol. The van der Waals surface area contributed by atoms with Crippen molar-refractivity contribution in [2.45, 2.75) is 13.0 Å². The molecule has 5 rings (SSSR count). The highest BCUT2D eigenvalue weighted by Crippen LogP contribution is 2.41. The predicted octanol–water partition coefficient (Wildman–Crippen LogP) is 5.46. The number of hydrogen-bond acceptors (Lipinski definition) is 7. The number of carbonyl (C=O) groups is 1. The van der Waals surface area contributed by atoms with Crippen LogP contribution in [0.3, 0.4) is 0 Å². The Hall–Kier alpha value is -4.79. The first-order valence-corrected chi connectivity index (χ1v) is 11.6. The van der Waals surface area contributed by atoms with Crippen molar-refractivity contribution in [3.63, 3.8) is 0 Å². The van der Waals surface area contributed by atoms with Crippen LogP contribution in [0.4, 0.5) is 10.5 Å². The number of anilines is 1. The molecule has 0 aliphatic carbocycles. The molecule has 0 radical (unpaired) electrons. The first kappa shape index (κ1) is 23.9. The Kier molecular flexibility index (Phi) is 6.51. The summed E-state index contributed by atoms with van der Waals surface area (Å²) in [7, 11) is 4.71. The molecule has 37 heavy (non-hydrogen) atoms. The molecule has 1 aliphatic rings. The lowest BCUT2D eigenvalue weighted by molar-refractivity contribution is 0.244. The molecular formula is C28H26N4O5. The van der Waals surface area contributed by atoms with Gasteiger partial charge in [0.25, 0.3) is 5.89 Å². The van der Waals surface area contributed by atoms with Gasteiger partial charge in [0, 0.05) is 17.3 Å². The number of nitrogens with one attached hydrogen (secondary N) is 1. The van der Waals surface area contributed by atoms with Crippen LogP contribution in [-0.2, 0) is 0 Å². The molecule has 188 valence electrons. The Bertz CT molecular complexity index is 1460. The van der Waals surface area contributed by atoms with Crippen LogP contribution >= 0.6 is 0 Å². The van der Waals surface area contributed by atoms with E-state index in [0.717, 1.165) is 11.1 Å². The molecule has 0 saturated heterocycles. The Balaban J connectivity index is 1.67. The third-order valence-corrected chi connectivity index (χ3v) is 6.23. The van der Waals surface area contributed by atoms with Crippen molar-refractivity contribution in [2.75, 3.05) is 26.2 Å². The van der Waals surface area contributed by atoms with E-state index in [0.29, 0.717) is 45.9 Å². The van der Waals surface area contributed by atoms with Gasteiger partial charge in [-0.05, 0) is 36.8 Å². The molecule has 9 nitrogen and oxygen atoms in total. The summed E-state index contributed by atoms with van der Waals surface area (Å²) >= 11 is 0. The van der Waals surface area contributed by atoms with E-state index in [9.17, 15) is 4.79 Å². The highest BCUT2D eigenvalue weighted by atomic mass is 16.5. The van der Waals surface area contributed by atoms with Gasteiger partial charge in [0.2, 0.25) is 5.82 Å². The summed E-state index contributed by atoms with van der Waals surface area (Å²) in [6.07, 6.45) is 0. The lowest BCUT2D eigenvalue weighted by Gasteiger charge is -2.35. The van der Waals surface area contributed by atoms with Gasteiger partial charge in [-0.2, -0.15) is 4.98 Å². The minimum Gasteiger partial charge on any atom is -0.497 e. The third-order valence-electron chi connectivity index (χ3n) is 6.23. The zero-order chi connectivity index (χ0) is 25.9. The molecule has 0 bridgehead atoms. The van der Waals surface area contributed by atoms with Crippen molar-refractivity contribution >= 4 is 17.3 Å². The van der Waals surface area contributed by atoms with Crippen LogP contribution in [0.5, 0.6) is 17.2 Å². The van der Waals surface area contributed by atoms with Gasteiger partial charge in [0.15, 0.2) is 11.5 Å². The zero-order valence-corrected chi connectivity index (χ0v) is 20.9. The van der Waals surface area contributed by atoms with Gasteiger partial charge in [-0.3, -0.25) is 4.90 Å². The molecule has 3 aromatic carbocycles. The van der Waals surface area contributed by atoms with E-state index in [1.165, 1.54) is 0 Å². The van der Waals surface area contributed by atoms with Crippen LogP contribution in [0.1, 0.15) is 24.4 Å². The topological polar surface area (TPSA) is 99.0 Å². The fourth-order valence-electron chi connectivity index (χ4n) is 4.40. The average Bonchev–Trinajstić information content (AvgIpc) is 3.43. The number of amides is 2. The summed E-state index contributed by atoms with van der Waals surface area (Å²) in [5.41, 5.74) is 3.53. The Morgan fingerprint density at radius 1 is 0.892 bits per heavy atom. The van der Waals surface area contributed by atoms with Gasteiger partial charge < -0.3 is 24.1 Å². The molecule has 2 amide bonds. The number of urea groups is 1. The molecule has 0 fully saturated rings. The maximum atomic E-state index is 13.5. The van der Waals surface area contributed by atoms with E-state index in [2.05, 4.69) is 10.5 Å². The lowest BCUT2D eigenvalue weighted by atomic mass is 9.94. The fraction of sp³-hybridized carbons (Fsp3) is 0.179. The number of nitrogens with zero attached hydrogens (tertiary/aromatic N) is 3. The number of aromatic nitrogens is 2. The minimum atomic E-state index is -0.553. The summed E-state index contributed by atoms with van der Waals surface area (Å²) in [5, 5.41) is 7.31. The van der Waals surface area contributed by atoms with Crippen molar-refractivity contribution in [3.05, 3.63) is 89.9 Å². The number of rotatable bonds is 7. The van der Waals surface area contributed by atoms with Crippen molar-refractivity contribution in [1.29, 1.82) is 0 Å². The summed E-state index contributed by atoms with van der Waals surface area (Å²) in [6, 6.07) is 21.5. The van der Waals surface area contributed by atoms with E-state index < -0.39 is 6.04 Å². The summed E-state index contributed by atoms with van der Waals surface area (Å²) < 4.78 is 22.0. The number of carbonyl (C=O) groups excluding carboxylic acids is 1. The predicted molar refractivity (Wildman–Crippen MR) is 139 cm³/mol. The Morgan fingerprint density at radius 2 is 1.68 bits per heavy atom. The second-order valence-corrected chi connectivity index (χ2v) is 8.32. The second kappa shape index (κ2) is 10.1. The second-order valence-electron chi connectivity index (χ2n) is 8.32. The molecule has 0 saturated carbocycles. The van der Waals surface area contributed by atoms with Gasteiger partial charge >= 0.3 is 6.03 Å². The molecule has 9 heteroatoms. The summed E-state index contributed by atoms with van der Waals surface area (Å²) in [6.45, 7) is 1.85. The lowest BCUT2D eigenvalue weighted by Crippen LogP contribution is -2.46. The normalized spacial score (nSPS) is 15.4. The maximum Gasteiger partial charge on any atom is 0.327 e. The Labute approximate surface area is 214 Å². The largest absolute Gasteiger partial charge is 0.497 e. The first-order valence-electron chi connectivity index (χ1n) is 11.6. The van der Waals surface area contributed by atoms with Crippen LogP contribution in [-0.4, -0.2) is 37.5 Å². The summed E-state index contributed by atoms with van der Waals surface area (Å²) in [4.78, 5) is 19.8. The van der Waals surface area contributed by atoms with Crippen molar-refractivity contribution < 1.29 is 23.5 Å². The van der Waals surface area contributed by atoms with E-state index in [-0.39, 0.29) is 6.03 Å². The zero-order valence-electron chi connectivity index (χ0n) is 20.9. The Morgan fingerprint density at radius 3 is 2.41 bits per heavy atom. The smallest absolute Gasteiger partial charge is 0.327 e. The van der Waals surface area contributed by atoms with E-state index >= 15 is 0 Å². The van der Waals surface area contributed by atoms with Crippen LogP contribution in [0.2, 0.25) is 0 Å². The molecule has 4 aromatic rings. The van der Waals surface area contributed by atoms with Crippen LogP contribution in [0.15, 0.2) is 83.0 Å². The van der Waals surface area contributed by atoms with Crippen molar-refractivity contribution in [3.8, 4) is 28.6 Å². The minimum absolute atomic E-state index is 0.301. The average molecular weight is 499 g/mol. The van der Waals surface area contributed by atoms with Crippen LogP contribution < -0.4 is 24.4 Å². The number of benzene rings is 3. The van der Waals surface area contributed by atoms with Crippen LogP contribution in [0.25, 0.3) is 17.0 Å². The third kappa shape index (κ3) is 4.47. The number of allylic oxidation sites excluding steroid dienone is 1. The van der Waals surface area contributed by atoms with Gasteiger partial charge in [-0.1, -0.05) is 47.6 Å².